The molecule has 0 atom stereocenters. The zero-order valence-corrected chi connectivity index (χ0v) is 18.5. The molecule has 2 rings (SSSR count). The number of unbranched alkanes of at least 4 members (excludes halogenated alkanes) is 3. The first-order valence-corrected chi connectivity index (χ1v) is 10.4. The molecule has 0 radical (unpaired) electrons. The van der Waals surface area contributed by atoms with Crippen molar-refractivity contribution in [2.24, 2.45) is 0 Å². The molecule has 2 N–H and O–H groups in total. The maximum atomic E-state index is 12.3. The molecule has 2 aromatic rings. The van der Waals surface area contributed by atoms with Crippen molar-refractivity contribution in [3.8, 4) is 11.5 Å². The molecule has 0 heterocycles. The van der Waals surface area contributed by atoms with E-state index in [9.17, 15) is 4.79 Å². The zero-order valence-electron chi connectivity index (χ0n) is 16.1. The molecule has 0 bridgehead atoms. The molecule has 5 nitrogen and oxygen atoms in total. The van der Waals surface area contributed by atoms with Crippen LogP contribution in [0, 0.1) is 0 Å². The Bertz CT molecular complexity index is 797. The highest BCUT2D eigenvalue weighted by atomic mass is 79.9. The standard InChI is InChI=1S/C21H25BrN2O3S/c1-3-4-5-6-13-27-17-10-8-16(9-11-17)23-21(28)24-20(25)15-7-12-19(26-2)18(22)14-15/h7-12,14H,3-6,13H2,1-2H3,(H2,23,24,25,28). The molecule has 0 aliphatic heterocycles. The first-order chi connectivity index (χ1) is 13.5. The number of ether oxygens (including phenoxy) is 2. The summed E-state index contributed by atoms with van der Waals surface area (Å²) in [4.78, 5) is 12.3. The van der Waals surface area contributed by atoms with Gasteiger partial charge in [-0.3, -0.25) is 10.1 Å². The van der Waals surface area contributed by atoms with Gasteiger partial charge >= 0.3 is 0 Å². The van der Waals surface area contributed by atoms with Gasteiger partial charge < -0.3 is 14.8 Å². The summed E-state index contributed by atoms with van der Waals surface area (Å²) in [5, 5.41) is 5.89. The van der Waals surface area contributed by atoms with Crippen molar-refractivity contribution in [2.75, 3.05) is 19.0 Å². The fraction of sp³-hybridized carbons (Fsp3) is 0.333. The third-order valence-corrected chi connectivity index (χ3v) is 4.84. The Morgan fingerprint density at radius 3 is 2.50 bits per heavy atom. The van der Waals surface area contributed by atoms with Crippen LogP contribution in [0.4, 0.5) is 5.69 Å². The smallest absolute Gasteiger partial charge is 0.257 e. The predicted octanol–water partition coefficient (Wildman–Crippen LogP) is 5.54. The molecule has 0 fully saturated rings. The minimum Gasteiger partial charge on any atom is -0.496 e. The Labute approximate surface area is 179 Å². The van der Waals surface area contributed by atoms with E-state index >= 15 is 0 Å². The van der Waals surface area contributed by atoms with E-state index in [2.05, 4.69) is 33.5 Å². The Balaban J connectivity index is 1.82. The van der Waals surface area contributed by atoms with Gasteiger partial charge in [0.25, 0.3) is 5.91 Å². The average molecular weight is 465 g/mol. The van der Waals surface area contributed by atoms with Gasteiger partial charge in [-0.05, 0) is 77.0 Å². The lowest BCUT2D eigenvalue weighted by Crippen LogP contribution is -2.34. The van der Waals surface area contributed by atoms with Crippen molar-refractivity contribution >= 4 is 44.9 Å². The Hall–Kier alpha value is -2.12. The number of anilines is 1. The molecule has 0 aliphatic rings. The number of halogens is 1. The molecule has 0 unspecified atom stereocenters. The van der Waals surface area contributed by atoms with Gasteiger partial charge in [0.15, 0.2) is 5.11 Å². The summed E-state index contributed by atoms with van der Waals surface area (Å²) >= 11 is 8.59. The third-order valence-electron chi connectivity index (χ3n) is 4.02. The molecular formula is C21H25BrN2O3S. The lowest BCUT2D eigenvalue weighted by atomic mass is 10.2. The van der Waals surface area contributed by atoms with Crippen molar-refractivity contribution in [1.82, 2.24) is 5.32 Å². The number of thiocarbonyl (C=S) groups is 1. The first-order valence-electron chi connectivity index (χ1n) is 9.22. The van der Waals surface area contributed by atoms with E-state index in [1.54, 1.807) is 25.3 Å². The molecule has 2 aromatic carbocycles. The fourth-order valence-corrected chi connectivity index (χ4v) is 3.25. The Morgan fingerprint density at radius 2 is 1.86 bits per heavy atom. The monoisotopic (exact) mass is 464 g/mol. The number of hydrogen-bond donors (Lipinski definition) is 2. The summed E-state index contributed by atoms with van der Waals surface area (Å²) in [6, 6.07) is 12.6. The molecule has 0 spiro atoms. The van der Waals surface area contributed by atoms with Gasteiger partial charge in [-0.25, -0.2) is 0 Å². The van der Waals surface area contributed by atoms with Gasteiger partial charge in [0, 0.05) is 11.3 Å². The van der Waals surface area contributed by atoms with Crippen LogP contribution in [0.3, 0.4) is 0 Å². The summed E-state index contributed by atoms with van der Waals surface area (Å²) in [6.07, 6.45) is 4.70. The Morgan fingerprint density at radius 1 is 1.11 bits per heavy atom. The fourth-order valence-electron chi connectivity index (χ4n) is 2.50. The molecule has 0 saturated carbocycles. The summed E-state index contributed by atoms with van der Waals surface area (Å²) in [7, 11) is 1.57. The summed E-state index contributed by atoms with van der Waals surface area (Å²) in [6.45, 7) is 2.91. The van der Waals surface area contributed by atoms with E-state index in [4.69, 9.17) is 21.7 Å². The van der Waals surface area contributed by atoms with E-state index in [-0.39, 0.29) is 11.0 Å². The molecule has 0 aromatic heterocycles. The van der Waals surface area contributed by atoms with Crippen molar-refractivity contribution in [3.63, 3.8) is 0 Å². The van der Waals surface area contributed by atoms with E-state index < -0.39 is 0 Å². The number of benzene rings is 2. The topological polar surface area (TPSA) is 59.6 Å². The average Bonchev–Trinajstić information content (AvgIpc) is 2.69. The number of carbonyl (C=O) groups excluding carboxylic acids is 1. The quantitative estimate of drug-likeness (QED) is 0.376. The molecular weight excluding hydrogens is 440 g/mol. The van der Waals surface area contributed by atoms with E-state index in [1.165, 1.54) is 19.3 Å². The van der Waals surface area contributed by atoms with E-state index in [0.29, 0.717) is 15.8 Å². The van der Waals surface area contributed by atoms with Gasteiger partial charge in [-0.2, -0.15) is 0 Å². The number of amides is 1. The summed E-state index contributed by atoms with van der Waals surface area (Å²) in [5.41, 5.74) is 1.25. The van der Waals surface area contributed by atoms with Crippen LogP contribution in [0.5, 0.6) is 11.5 Å². The summed E-state index contributed by atoms with van der Waals surface area (Å²) in [5.74, 6) is 1.18. The maximum absolute atomic E-state index is 12.3. The normalized spacial score (nSPS) is 10.2. The van der Waals surface area contributed by atoms with Gasteiger partial charge in [-0.15, -0.1) is 0 Å². The van der Waals surface area contributed by atoms with Crippen molar-refractivity contribution < 1.29 is 14.3 Å². The molecule has 1 amide bonds. The SMILES string of the molecule is CCCCCCOc1ccc(NC(=S)NC(=O)c2ccc(OC)c(Br)c2)cc1. The number of rotatable bonds is 9. The minimum absolute atomic E-state index is 0.227. The van der Waals surface area contributed by atoms with Crippen LogP contribution in [0.15, 0.2) is 46.9 Å². The molecule has 150 valence electrons. The highest BCUT2D eigenvalue weighted by Gasteiger charge is 2.10. The molecule has 0 saturated heterocycles. The van der Waals surface area contributed by atoms with Crippen molar-refractivity contribution in [1.29, 1.82) is 0 Å². The van der Waals surface area contributed by atoms with Gasteiger partial charge in [0.2, 0.25) is 0 Å². The van der Waals surface area contributed by atoms with Crippen LogP contribution in [-0.4, -0.2) is 24.7 Å². The lowest BCUT2D eigenvalue weighted by Gasteiger charge is -2.11. The predicted molar refractivity (Wildman–Crippen MR) is 120 cm³/mol. The van der Waals surface area contributed by atoms with Gasteiger partial charge in [0.05, 0.1) is 18.2 Å². The maximum Gasteiger partial charge on any atom is 0.257 e. The Kier molecular flexibility index (Phi) is 9.23. The van der Waals surface area contributed by atoms with Crippen LogP contribution >= 0.6 is 28.1 Å². The van der Waals surface area contributed by atoms with Gasteiger partial charge in [-0.1, -0.05) is 26.2 Å². The molecule has 0 aliphatic carbocycles. The summed E-state index contributed by atoms with van der Waals surface area (Å²) < 4.78 is 11.6. The molecule has 7 heteroatoms. The van der Waals surface area contributed by atoms with Crippen molar-refractivity contribution in [3.05, 3.63) is 52.5 Å². The number of nitrogens with one attached hydrogen (secondary N) is 2. The minimum atomic E-state index is -0.298. The van der Waals surface area contributed by atoms with Crippen LogP contribution in [-0.2, 0) is 0 Å². The van der Waals surface area contributed by atoms with Crippen molar-refractivity contribution in [2.45, 2.75) is 32.6 Å². The van der Waals surface area contributed by atoms with Crippen LogP contribution in [0.25, 0.3) is 0 Å². The van der Waals surface area contributed by atoms with Crippen LogP contribution < -0.4 is 20.1 Å². The van der Waals surface area contributed by atoms with E-state index in [0.717, 1.165) is 24.5 Å². The zero-order chi connectivity index (χ0) is 20.4. The third kappa shape index (κ3) is 7.13. The van der Waals surface area contributed by atoms with Crippen LogP contribution in [0.2, 0.25) is 0 Å². The first kappa shape index (κ1) is 22.2. The van der Waals surface area contributed by atoms with E-state index in [1.807, 2.05) is 24.3 Å². The highest BCUT2D eigenvalue weighted by molar-refractivity contribution is 9.10. The number of hydrogen-bond acceptors (Lipinski definition) is 4. The lowest BCUT2D eigenvalue weighted by molar-refractivity contribution is 0.0977. The van der Waals surface area contributed by atoms with Crippen LogP contribution in [0.1, 0.15) is 43.0 Å². The van der Waals surface area contributed by atoms with Gasteiger partial charge in [0.1, 0.15) is 11.5 Å². The second-order valence-corrected chi connectivity index (χ2v) is 7.45. The highest BCUT2D eigenvalue weighted by Crippen LogP contribution is 2.25. The largest absolute Gasteiger partial charge is 0.496 e. The molecule has 28 heavy (non-hydrogen) atoms. The number of methoxy groups -OCH3 is 1. The second kappa shape index (κ2) is 11.7. The second-order valence-electron chi connectivity index (χ2n) is 6.19. The number of carbonyl (C=O) groups is 1.